The van der Waals surface area contributed by atoms with Crippen molar-refractivity contribution in [2.45, 2.75) is 12.8 Å². The molecule has 0 saturated heterocycles. The number of carbonyl (C=O) groups excluding carboxylic acids is 2. The summed E-state index contributed by atoms with van der Waals surface area (Å²) in [5, 5.41) is 14.7. The lowest BCUT2D eigenvalue weighted by Crippen LogP contribution is -2.34. The highest BCUT2D eigenvalue weighted by atomic mass is 16.4. The third-order valence-corrected chi connectivity index (χ3v) is 4.41. The number of hydrogen-bond acceptors (Lipinski definition) is 4. The zero-order chi connectivity index (χ0) is 19.2. The van der Waals surface area contributed by atoms with Crippen molar-refractivity contribution in [1.29, 1.82) is 0 Å². The van der Waals surface area contributed by atoms with Gasteiger partial charge < -0.3 is 15.7 Å². The molecule has 1 aliphatic rings. The van der Waals surface area contributed by atoms with Gasteiger partial charge in [0.25, 0.3) is 5.91 Å². The highest BCUT2D eigenvalue weighted by molar-refractivity contribution is 6.04. The van der Waals surface area contributed by atoms with Crippen molar-refractivity contribution in [2.75, 3.05) is 10.6 Å². The number of amides is 2. The summed E-state index contributed by atoms with van der Waals surface area (Å²) in [5.74, 6) is -2.50. The van der Waals surface area contributed by atoms with Crippen LogP contribution in [0.2, 0.25) is 0 Å². The zero-order valence-corrected chi connectivity index (χ0v) is 14.5. The largest absolute Gasteiger partial charge is 0.481 e. The molecular weight excluding hydrogens is 346 g/mol. The molecule has 0 saturated carbocycles. The topological polar surface area (TPSA) is 108 Å². The molecule has 0 fully saturated rings. The van der Waals surface area contributed by atoms with Gasteiger partial charge in [-0.1, -0.05) is 18.2 Å². The lowest BCUT2D eigenvalue weighted by Gasteiger charge is -2.24. The lowest BCUT2D eigenvalue weighted by molar-refractivity contribution is -0.146. The smallest absolute Gasteiger partial charge is 0.307 e. The van der Waals surface area contributed by atoms with Gasteiger partial charge in [0.15, 0.2) is 0 Å². The van der Waals surface area contributed by atoms with Crippen LogP contribution in [0.15, 0.2) is 60.8 Å². The molecule has 0 radical (unpaired) electrons. The second kappa shape index (κ2) is 8.27. The number of carbonyl (C=O) groups is 3. The fourth-order valence-electron chi connectivity index (χ4n) is 2.94. The number of benzene rings is 1. The average Bonchev–Trinajstić information content (AvgIpc) is 2.69. The van der Waals surface area contributed by atoms with E-state index in [2.05, 4.69) is 15.6 Å². The molecular formula is C20H19N3O4. The van der Waals surface area contributed by atoms with Crippen LogP contribution in [0.4, 0.5) is 11.5 Å². The highest BCUT2D eigenvalue weighted by Gasteiger charge is 2.33. The molecule has 2 aromatic rings. The van der Waals surface area contributed by atoms with E-state index in [1.165, 1.54) is 0 Å². The van der Waals surface area contributed by atoms with Gasteiger partial charge in [0, 0.05) is 17.4 Å². The highest BCUT2D eigenvalue weighted by Crippen LogP contribution is 2.27. The van der Waals surface area contributed by atoms with Crippen LogP contribution in [0.1, 0.15) is 23.2 Å². The van der Waals surface area contributed by atoms with Crippen molar-refractivity contribution in [1.82, 2.24) is 4.98 Å². The molecule has 1 aromatic carbocycles. The van der Waals surface area contributed by atoms with E-state index in [0.29, 0.717) is 29.9 Å². The van der Waals surface area contributed by atoms with Crippen LogP contribution >= 0.6 is 0 Å². The first-order valence-electron chi connectivity index (χ1n) is 8.55. The molecule has 1 heterocycles. The minimum absolute atomic E-state index is 0.310. The van der Waals surface area contributed by atoms with Crippen LogP contribution in [0.25, 0.3) is 0 Å². The number of aromatic nitrogens is 1. The Hall–Kier alpha value is -3.48. The van der Waals surface area contributed by atoms with Gasteiger partial charge in [-0.2, -0.15) is 0 Å². The summed E-state index contributed by atoms with van der Waals surface area (Å²) in [4.78, 5) is 40.0. The Morgan fingerprint density at radius 1 is 0.926 bits per heavy atom. The maximum Gasteiger partial charge on any atom is 0.307 e. The van der Waals surface area contributed by atoms with E-state index < -0.39 is 17.8 Å². The SMILES string of the molecule is O=C(Nc1ccccn1)c1ccc(NC(=O)[C@@H]2CC=CC[C@@H]2C(=O)O)cc1. The summed E-state index contributed by atoms with van der Waals surface area (Å²) >= 11 is 0. The van der Waals surface area contributed by atoms with Crippen LogP contribution in [-0.4, -0.2) is 27.9 Å². The normalized spacial score (nSPS) is 18.5. The summed E-state index contributed by atoms with van der Waals surface area (Å²) in [7, 11) is 0. The zero-order valence-electron chi connectivity index (χ0n) is 14.5. The molecule has 3 rings (SSSR count). The van der Waals surface area contributed by atoms with Gasteiger partial charge in [-0.25, -0.2) is 4.98 Å². The average molecular weight is 365 g/mol. The standard InChI is InChI=1S/C20H19N3O4/c24-18(23-17-7-3-4-12-21-17)13-8-10-14(11-9-13)22-19(25)15-5-1-2-6-16(15)20(26)27/h1-4,7-12,15-16H,5-6H2,(H,22,25)(H,26,27)(H,21,23,24)/t15-,16+/m1/s1. The van der Waals surface area contributed by atoms with Crippen molar-refractivity contribution in [2.24, 2.45) is 11.8 Å². The number of carboxylic acid groups (broad SMARTS) is 1. The number of rotatable bonds is 5. The number of nitrogens with zero attached hydrogens (tertiary/aromatic N) is 1. The van der Waals surface area contributed by atoms with Crippen LogP contribution in [0.3, 0.4) is 0 Å². The first-order chi connectivity index (χ1) is 13.0. The van der Waals surface area contributed by atoms with Gasteiger partial charge in [-0.15, -0.1) is 0 Å². The Kier molecular flexibility index (Phi) is 5.61. The van der Waals surface area contributed by atoms with Crippen LogP contribution in [0.5, 0.6) is 0 Å². The number of nitrogens with one attached hydrogen (secondary N) is 2. The Bertz CT molecular complexity index is 863. The van der Waals surface area contributed by atoms with Crippen LogP contribution in [0, 0.1) is 11.8 Å². The Morgan fingerprint density at radius 3 is 2.26 bits per heavy atom. The predicted molar refractivity (Wildman–Crippen MR) is 100 cm³/mol. The molecule has 1 aliphatic carbocycles. The van der Waals surface area contributed by atoms with E-state index in [4.69, 9.17) is 0 Å². The van der Waals surface area contributed by atoms with Crippen molar-refractivity contribution >= 4 is 29.3 Å². The second-order valence-electron chi connectivity index (χ2n) is 6.23. The second-order valence-corrected chi connectivity index (χ2v) is 6.23. The third kappa shape index (κ3) is 4.58. The monoisotopic (exact) mass is 365 g/mol. The van der Waals surface area contributed by atoms with E-state index in [9.17, 15) is 19.5 Å². The van der Waals surface area contributed by atoms with Gasteiger partial charge in [-0.3, -0.25) is 14.4 Å². The summed E-state index contributed by atoms with van der Waals surface area (Å²) in [6, 6.07) is 11.6. The molecule has 7 nitrogen and oxygen atoms in total. The summed E-state index contributed by atoms with van der Waals surface area (Å²) < 4.78 is 0. The Morgan fingerprint density at radius 2 is 1.63 bits per heavy atom. The van der Waals surface area contributed by atoms with Gasteiger partial charge in [0.2, 0.25) is 5.91 Å². The molecule has 2 amide bonds. The number of carboxylic acids is 1. The van der Waals surface area contributed by atoms with Gasteiger partial charge in [-0.05, 0) is 49.2 Å². The molecule has 3 N–H and O–H groups in total. The quantitative estimate of drug-likeness (QED) is 0.706. The first kappa shape index (κ1) is 18.3. The minimum atomic E-state index is -0.971. The van der Waals surface area contributed by atoms with Crippen LogP contribution < -0.4 is 10.6 Å². The minimum Gasteiger partial charge on any atom is -0.481 e. The van der Waals surface area contributed by atoms with Crippen molar-refractivity contribution in [3.05, 3.63) is 66.4 Å². The number of allylic oxidation sites excluding steroid dienone is 2. The number of aliphatic carboxylic acids is 1. The van der Waals surface area contributed by atoms with Gasteiger partial charge >= 0.3 is 5.97 Å². The number of pyridine rings is 1. The summed E-state index contributed by atoms with van der Waals surface area (Å²) in [5.41, 5.74) is 0.927. The van der Waals surface area contributed by atoms with Crippen molar-refractivity contribution in [3.8, 4) is 0 Å². The fourth-order valence-corrected chi connectivity index (χ4v) is 2.94. The Balaban J connectivity index is 1.63. The van der Waals surface area contributed by atoms with E-state index in [1.807, 2.05) is 6.08 Å². The lowest BCUT2D eigenvalue weighted by atomic mass is 9.82. The van der Waals surface area contributed by atoms with Crippen molar-refractivity contribution < 1.29 is 19.5 Å². The van der Waals surface area contributed by atoms with E-state index in [1.54, 1.807) is 54.7 Å². The van der Waals surface area contributed by atoms with Gasteiger partial charge in [0.1, 0.15) is 5.82 Å². The van der Waals surface area contributed by atoms with E-state index in [0.717, 1.165) is 0 Å². The molecule has 2 atom stereocenters. The van der Waals surface area contributed by atoms with E-state index in [-0.39, 0.29) is 11.8 Å². The fraction of sp³-hybridized carbons (Fsp3) is 0.200. The third-order valence-electron chi connectivity index (χ3n) is 4.41. The molecule has 1 aromatic heterocycles. The molecule has 138 valence electrons. The summed E-state index contributed by atoms with van der Waals surface area (Å²) in [6.45, 7) is 0. The Labute approximate surface area is 156 Å². The molecule has 0 aliphatic heterocycles. The number of hydrogen-bond donors (Lipinski definition) is 3. The maximum absolute atomic E-state index is 12.4. The van der Waals surface area contributed by atoms with Crippen LogP contribution in [-0.2, 0) is 9.59 Å². The predicted octanol–water partition coefficient (Wildman–Crippen LogP) is 2.94. The maximum atomic E-state index is 12.4. The van der Waals surface area contributed by atoms with Gasteiger partial charge in [0.05, 0.1) is 11.8 Å². The molecule has 0 unspecified atom stereocenters. The summed E-state index contributed by atoms with van der Waals surface area (Å²) in [6.07, 6.45) is 5.94. The van der Waals surface area contributed by atoms with Crippen molar-refractivity contribution in [3.63, 3.8) is 0 Å². The van der Waals surface area contributed by atoms with E-state index >= 15 is 0 Å². The molecule has 7 heteroatoms. The molecule has 0 spiro atoms. The number of anilines is 2. The molecule has 0 bridgehead atoms. The first-order valence-corrected chi connectivity index (χ1v) is 8.55. The molecule has 27 heavy (non-hydrogen) atoms.